The van der Waals surface area contributed by atoms with Crippen molar-refractivity contribution in [2.24, 2.45) is 5.10 Å². The van der Waals surface area contributed by atoms with Gasteiger partial charge in [0.1, 0.15) is 11.5 Å². The van der Waals surface area contributed by atoms with E-state index in [1.807, 2.05) is 0 Å². The van der Waals surface area contributed by atoms with E-state index in [0.717, 1.165) is 11.3 Å². The van der Waals surface area contributed by atoms with Crippen molar-refractivity contribution in [3.8, 4) is 11.5 Å². The molecule has 0 aliphatic rings. The first-order chi connectivity index (χ1) is 12.1. The van der Waals surface area contributed by atoms with E-state index >= 15 is 0 Å². The molecular weight excluding hydrogens is 322 g/mol. The molecule has 2 rings (SSSR count). The fourth-order valence-electron chi connectivity index (χ4n) is 2.00. The number of nitrogens with zero attached hydrogens (tertiary/aromatic N) is 1. The molecule has 0 saturated heterocycles. The summed E-state index contributed by atoms with van der Waals surface area (Å²) in [6.07, 6.45) is 1.50. The molecule has 0 unspecified atom stereocenters. The van der Waals surface area contributed by atoms with Crippen LogP contribution in [-0.2, 0) is 4.79 Å². The number of hydrogen-bond acceptors (Lipinski definition) is 5. The molecule has 0 heterocycles. The van der Waals surface area contributed by atoms with E-state index < -0.39 is 11.8 Å². The summed E-state index contributed by atoms with van der Waals surface area (Å²) in [6.45, 7) is -0.198. The Labute approximate surface area is 145 Å². The van der Waals surface area contributed by atoms with Gasteiger partial charge in [-0.1, -0.05) is 12.1 Å². The Morgan fingerprint density at radius 2 is 1.76 bits per heavy atom. The zero-order chi connectivity index (χ0) is 18.1. The molecular formula is C18H19N3O4. The fourth-order valence-corrected chi connectivity index (χ4v) is 2.00. The standard InChI is InChI=1S/C18H19N3O4/c1-24-14-9-7-13(8-10-14)11-20-21-17(22)12-19-18(23)15-5-3-4-6-16(15)25-2/h3-11H,12H2,1-2H3,(H,19,23)(H,21,22)/b20-11-. The van der Waals surface area contributed by atoms with Gasteiger partial charge < -0.3 is 14.8 Å². The molecule has 0 bridgehead atoms. The molecule has 0 saturated carbocycles. The minimum Gasteiger partial charge on any atom is -0.497 e. The molecule has 2 aromatic carbocycles. The van der Waals surface area contributed by atoms with Gasteiger partial charge in [0.05, 0.1) is 32.5 Å². The summed E-state index contributed by atoms with van der Waals surface area (Å²) in [5.41, 5.74) is 3.51. The van der Waals surface area contributed by atoms with Gasteiger partial charge in [-0.15, -0.1) is 0 Å². The minimum absolute atomic E-state index is 0.198. The van der Waals surface area contributed by atoms with Crippen molar-refractivity contribution in [3.05, 3.63) is 59.7 Å². The first-order valence-corrected chi connectivity index (χ1v) is 7.51. The highest BCUT2D eigenvalue weighted by Crippen LogP contribution is 2.16. The smallest absolute Gasteiger partial charge is 0.259 e. The van der Waals surface area contributed by atoms with Gasteiger partial charge in [0, 0.05) is 0 Å². The van der Waals surface area contributed by atoms with E-state index in [9.17, 15) is 9.59 Å². The lowest BCUT2D eigenvalue weighted by molar-refractivity contribution is -0.120. The maximum Gasteiger partial charge on any atom is 0.259 e. The lowest BCUT2D eigenvalue weighted by atomic mass is 10.2. The van der Waals surface area contributed by atoms with E-state index in [1.54, 1.807) is 55.6 Å². The van der Waals surface area contributed by atoms with Crippen LogP contribution >= 0.6 is 0 Å². The van der Waals surface area contributed by atoms with Crippen LogP contribution in [0.5, 0.6) is 11.5 Å². The van der Waals surface area contributed by atoms with Crippen LogP contribution in [0.3, 0.4) is 0 Å². The molecule has 0 radical (unpaired) electrons. The second kappa shape index (κ2) is 9.07. The Morgan fingerprint density at radius 3 is 2.44 bits per heavy atom. The third-order valence-corrected chi connectivity index (χ3v) is 3.28. The zero-order valence-corrected chi connectivity index (χ0v) is 14.0. The number of carbonyl (C=O) groups is 2. The normalized spacial score (nSPS) is 10.3. The molecule has 7 nitrogen and oxygen atoms in total. The van der Waals surface area contributed by atoms with E-state index in [1.165, 1.54) is 13.3 Å². The molecule has 0 aliphatic heterocycles. The average Bonchev–Trinajstić information content (AvgIpc) is 2.66. The number of carbonyl (C=O) groups excluding carboxylic acids is 2. The molecule has 25 heavy (non-hydrogen) atoms. The Kier molecular flexibility index (Phi) is 6.53. The Morgan fingerprint density at radius 1 is 1.04 bits per heavy atom. The van der Waals surface area contributed by atoms with Crippen molar-refractivity contribution in [2.75, 3.05) is 20.8 Å². The summed E-state index contributed by atoms with van der Waals surface area (Å²) in [7, 11) is 3.06. The van der Waals surface area contributed by atoms with Gasteiger partial charge in [0.15, 0.2) is 0 Å². The van der Waals surface area contributed by atoms with Gasteiger partial charge in [-0.3, -0.25) is 9.59 Å². The van der Waals surface area contributed by atoms with Crippen LogP contribution < -0.4 is 20.2 Å². The quantitative estimate of drug-likeness (QED) is 0.591. The second-order valence-corrected chi connectivity index (χ2v) is 4.95. The van der Waals surface area contributed by atoms with E-state index in [2.05, 4.69) is 15.8 Å². The highest BCUT2D eigenvalue weighted by Gasteiger charge is 2.12. The van der Waals surface area contributed by atoms with Crippen molar-refractivity contribution in [1.29, 1.82) is 0 Å². The van der Waals surface area contributed by atoms with Crippen LogP contribution in [0.25, 0.3) is 0 Å². The van der Waals surface area contributed by atoms with Gasteiger partial charge >= 0.3 is 0 Å². The summed E-state index contributed by atoms with van der Waals surface area (Å²) >= 11 is 0. The molecule has 2 amide bonds. The van der Waals surface area contributed by atoms with Crippen molar-refractivity contribution in [2.45, 2.75) is 0 Å². The van der Waals surface area contributed by atoms with E-state index in [0.29, 0.717) is 11.3 Å². The number of ether oxygens (including phenoxy) is 2. The van der Waals surface area contributed by atoms with Crippen LogP contribution in [0.1, 0.15) is 15.9 Å². The largest absolute Gasteiger partial charge is 0.497 e. The maximum atomic E-state index is 12.1. The molecule has 7 heteroatoms. The lowest BCUT2D eigenvalue weighted by Crippen LogP contribution is -2.35. The molecule has 0 spiro atoms. The predicted octanol–water partition coefficient (Wildman–Crippen LogP) is 1.58. The number of methoxy groups -OCH3 is 2. The summed E-state index contributed by atoms with van der Waals surface area (Å²) < 4.78 is 10.2. The highest BCUT2D eigenvalue weighted by molar-refractivity contribution is 5.98. The average molecular weight is 341 g/mol. The summed E-state index contributed by atoms with van der Waals surface area (Å²) in [6, 6.07) is 14.0. The summed E-state index contributed by atoms with van der Waals surface area (Å²) in [5.74, 6) is 0.345. The number of nitrogens with one attached hydrogen (secondary N) is 2. The van der Waals surface area contributed by atoms with Crippen molar-refractivity contribution in [1.82, 2.24) is 10.7 Å². The van der Waals surface area contributed by atoms with Gasteiger partial charge in [0.2, 0.25) is 0 Å². The molecule has 0 aliphatic carbocycles. The van der Waals surface area contributed by atoms with Crippen molar-refractivity contribution < 1.29 is 19.1 Å². The number of hydrazone groups is 1. The number of benzene rings is 2. The summed E-state index contributed by atoms with van der Waals surface area (Å²) in [5, 5.41) is 6.36. The zero-order valence-electron chi connectivity index (χ0n) is 14.0. The van der Waals surface area contributed by atoms with Crippen LogP contribution in [0.2, 0.25) is 0 Å². The summed E-state index contributed by atoms with van der Waals surface area (Å²) in [4.78, 5) is 23.8. The molecule has 2 aromatic rings. The van der Waals surface area contributed by atoms with Crippen molar-refractivity contribution in [3.63, 3.8) is 0 Å². The molecule has 2 N–H and O–H groups in total. The highest BCUT2D eigenvalue weighted by atomic mass is 16.5. The molecule has 0 fully saturated rings. The third-order valence-electron chi connectivity index (χ3n) is 3.28. The Balaban J connectivity index is 1.81. The monoisotopic (exact) mass is 341 g/mol. The molecule has 130 valence electrons. The van der Waals surface area contributed by atoms with Crippen LogP contribution in [0, 0.1) is 0 Å². The Bertz CT molecular complexity index is 757. The SMILES string of the molecule is COc1ccc(/C=N\NC(=O)CNC(=O)c2ccccc2OC)cc1. The first-order valence-electron chi connectivity index (χ1n) is 7.51. The second-order valence-electron chi connectivity index (χ2n) is 4.95. The lowest BCUT2D eigenvalue weighted by Gasteiger charge is -2.08. The van der Waals surface area contributed by atoms with Crippen LogP contribution in [-0.4, -0.2) is 38.8 Å². The van der Waals surface area contributed by atoms with Crippen molar-refractivity contribution >= 4 is 18.0 Å². The third kappa shape index (κ3) is 5.35. The fraction of sp³-hybridized carbons (Fsp3) is 0.167. The van der Waals surface area contributed by atoms with Crippen LogP contribution in [0.4, 0.5) is 0 Å². The van der Waals surface area contributed by atoms with E-state index in [-0.39, 0.29) is 6.54 Å². The van der Waals surface area contributed by atoms with Gasteiger partial charge in [-0.2, -0.15) is 5.10 Å². The van der Waals surface area contributed by atoms with Crippen LogP contribution in [0.15, 0.2) is 53.6 Å². The maximum absolute atomic E-state index is 12.1. The Hall–Kier alpha value is -3.35. The molecule has 0 atom stereocenters. The van der Waals surface area contributed by atoms with Gasteiger partial charge in [0.25, 0.3) is 11.8 Å². The molecule has 0 aromatic heterocycles. The number of para-hydroxylation sites is 1. The van der Waals surface area contributed by atoms with Gasteiger partial charge in [-0.05, 0) is 42.0 Å². The topological polar surface area (TPSA) is 89.0 Å². The number of rotatable bonds is 7. The predicted molar refractivity (Wildman–Crippen MR) is 94.1 cm³/mol. The first kappa shape index (κ1) is 18.0. The van der Waals surface area contributed by atoms with E-state index in [4.69, 9.17) is 9.47 Å². The number of hydrogen-bond donors (Lipinski definition) is 2. The minimum atomic E-state index is -0.437. The van der Waals surface area contributed by atoms with Gasteiger partial charge in [-0.25, -0.2) is 5.43 Å². The number of amides is 2.